The maximum Gasteiger partial charge on any atom is 0.329 e. The summed E-state index contributed by atoms with van der Waals surface area (Å²) in [5.41, 5.74) is 1.99. The quantitative estimate of drug-likeness (QED) is 0.472. The highest BCUT2D eigenvalue weighted by molar-refractivity contribution is 5.68. The van der Waals surface area contributed by atoms with E-state index in [0.29, 0.717) is 24.0 Å². The van der Waals surface area contributed by atoms with E-state index >= 15 is 0 Å². The lowest BCUT2D eigenvalue weighted by Crippen LogP contribution is -2.31. The van der Waals surface area contributed by atoms with Crippen molar-refractivity contribution >= 4 is 5.97 Å². The molecule has 166 valence electrons. The lowest BCUT2D eigenvalue weighted by atomic mass is 9.77. The van der Waals surface area contributed by atoms with Crippen molar-refractivity contribution in [3.05, 3.63) is 83.2 Å². The van der Waals surface area contributed by atoms with E-state index in [1.165, 1.54) is 12.1 Å². The molecule has 0 amide bonds. The first-order valence-corrected chi connectivity index (χ1v) is 10.2. The van der Waals surface area contributed by atoms with Gasteiger partial charge in [0.15, 0.2) is 11.6 Å². The summed E-state index contributed by atoms with van der Waals surface area (Å²) in [5, 5.41) is 8.66. The number of rotatable bonds is 7. The first-order valence-electron chi connectivity index (χ1n) is 10.2. The number of carboxylic acid groups (broad SMARTS) is 1. The van der Waals surface area contributed by atoms with Gasteiger partial charge in [-0.25, -0.2) is 18.0 Å². The first-order chi connectivity index (χ1) is 15.3. The Labute approximate surface area is 183 Å². The van der Waals surface area contributed by atoms with Gasteiger partial charge in [-0.3, -0.25) is 0 Å². The van der Waals surface area contributed by atoms with Crippen LogP contribution in [0, 0.1) is 24.4 Å². The molecule has 0 heterocycles. The average molecular weight is 442 g/mol. The van der Waals surface area contributed by atoms with Crippen LogP contribution in [0.2, 0.25) is 0 Å². The van der Waals surface area contributed by atoms with E-state index in [1.807, 2.05) is 12.1 Å². The van der Waals surface area contributed by atoms with Crippen LogP contribution in [-0.2, 0) is 9.53 Å². The topological polar surface area (TPSA) is 55.8 Å². The van der Waals surface area contributed by atoms with E-state index in [0.717, 1.165) is 11.6 Å². The van der Waals surface area contributed by atoms with E-state index in [-0.39, 0.29) is 35.7 Å². The SMILES string of the molecule is Cc1ccc(Oc2cc(F)c(F)c(-c3ccc([C@H]4C[C@@H](OCC(=O)O)C4)cc3)c2)cc1F. The Kier molecular flexibility index (Phi) is 6.19. The molecule has 1 fully saturated rings. The van der Waals surface area contributed by atoms with Gasteiger partial charge in [0.25, 0.3) is 0 Å². The highest BCUT2D eigenvalue weighted by Gasteiger charge is 2.31. The lowest BCUT2D eigenvalue weighted by Gasteiger charge is -2.35. The molecule has 0 unspecified atom stereocenters. The second-order valence-corrected chi connectivity index (χ2v) is 7.90. The molecule has 3 aromatic rings. The van der Waals surface area contributed by atoms with Crippen LogP contribution < -0.4 is 4.74 Å². The minimum atomic E-state index is -1.06. The number of hydrogen-bond donors (Lipinski definition) is 1. The van der Waals surface area contributed by atoms with Crippen LogP contribution in [0.4, 0.5) is 13.2 Å². The summed E-state index contributed by atoms with van der Waals surface area (Å²) in [6, 6.07) is 13.7. The number of halogens is 3. The summed E-state index contributed by atoms with van der Waals surface area (Å²) < 4.78 is 53.3. The van der Waals surface area contributed by atoms with Crippen molar-refractivity contribution in [2.45, 2.75) is 31.8 Å². The van der Waals surface area contributed by atoms with Crippen LogP contribution in [0.5, 0.6) is 11.5 Å². The minimum Gasteiger partial charge on any atom is -0.480 e. The standard InChI is InChI=1S/C25H21F3O4/c1-14-2-7-18(11-22(14)26)32-20-10-21(25(28)23(27)12-20)16-5-3-15(4-6-16)17-8-19(9-17)31-13-24(29)30/h2-7,10-12,17,19H,8-9,13H2,1H3,(H,29,30)/t17-,19+. The van der Waals surface area contributed by atoms with E-state index in [4.69, 9.17) is 14.6 Å². The summed E-state index contributed by atoms with van der Waals surface area (Å²) in [6.45, 7) is 1.31. The van der Waals surface area contributed by atoms with Crippen molar-refractivity contribution in [2.75, 3.05) is 6.61 Å². The fourth-order valence-corrected chi connectivity index (χ4v) is 3.70. The third-order valence-electron chi connectivity index (χ3n) is 5.61. The Morgan fingerprint density at radius 1 is 0.969 bits per heavy atom. The molecule has 4 nitrogen and oxygen atoms in total. The third-order valence-corrected chi connectivity index (χ3v) is 5.61. The van der Waals surface area contributed by atoms with Gasteiger partial charge in [0.05, 0.1) is 6.10 Å². The number of ether oxygens (including phenoxy) is 2. The highest BCUT2D eigenvalue weighted by Crippen LogP contribution is 2.40. The molecule has 0 aliphatic heterocycles. The van der Waals surface area contributed by atoms with Gasteiger partial charge in [-0.05, 0) is 54.5 Å². The highest BCUT2D eigenvalue weighted by atomic mass is 19.2. The molecule has 32 heavy (non-hydrogen) atoms. The molecule has 0 aromatic heterocycles. The molecule has 4 rings (SSSR count). The molecular formula is C25H21F3O4. The van der Waals surface area contributed by atoms with Crippen molar-refractivity contribution in [3.8, 4) is 22.6 Å². The zero-order chi connectivity index (χ0) is 22.8. The van der Waals surface area contributed by atoms with Crippen molar-refractivity contribution in [1.82, 2.24) is 0 Å². The molecule has 0 saturated heterocycles. The van der Waals surface area contributed by atoms with Crippen molar-refractivity contribution < 1.29 is 32.5 Å². The molecule has 0 spiro atoms. The molecule has 7 heteroatoms. The molecule has 0 atom stereocenters. The van der Waals surface area contributed by atoms with Crippen LogP contribution in [-0.4, -0.2) is 23.8 Å². The molecule has 1 aliphatic rings. The maximum atomic E-state index is 14.5. The Bertz CT molecular complexity index is 1140. The van der Waals surface area contributed by atoms with Crippen molar-refractivity contribution in [3.63, 3.8) is 0 Å². The summed E-state index contributed by atoms with van der Waals surface area (Å²) in [5.74, 6) is -3.03. The predicted molar refractivity (Wildman–Crippen MR) is 112 cm³/mol. The zero-order valence-electron chi connectivity index (χ0n) is 17.3. The van der Waals surface area contributed by atoms with Gasteiger partial charge < -0.3 is 14.6 Å². The van der Waals surface area contributed by atoms with Crippen molar-refractivity contribution in [2.24, 2.45) is 0 Å². The van der Waals surface area contributed by atoms with Gasteiger partial charge in [-0.2, -0.15) is 0 Å². The second-order valence-electron chi connectivity index (χ2n) is 7.90. The monoisotopic (exact) mass is 442 g/mol. The molecular weight excluding hydrogens is 421 g/mol. The number of aliphatic carboxylic acids is 1. The van der Waals surface area contributed by atoms with Gasteiger partial charge >= 0.3 is 5.97 Å². The van der Waals surface area contributed by atoms with Crippen LogP contribution in [0.3, 0.4) is 0 Å². The van der Waals surface area contributed by atoms with Gasteiger partial charge in [0.2, 0.25) is 0 Å². The summed E-state index contributed by atoms with van der Waals surface area (Å²) in [7, 11) is 0. The molecule has 0 radical (unpaired) electrons. The van der Waals surface area contributed by atoms with Gasteiger partial charge in [-0.15, -0.1) is 0 Å². The lowest BCUT2D eigenvalue weighted by molar-refractivity contribution is -0.146. The molecule has 1 saturated carbocycles. The first kappa shape index (κ1) is 21.9. The fraction of sp³-hybridized carbons (Fsp3) is 0.240. The molecule has 3 aromatic carbocycles. The maximum absolute atomic E-state index is 14.5. The Morgan fingerprint density at radius 2 is 1.66 bits per heavy atom. The Morgan fingerprint density at radius 3 is 2.31 bits per heavy atom. The summed E-state index contributed by atoms with van der Waals surface area (Å²) in [6.07, 6.45) is 1.35. The van der Waals surface area contributed by atoms with E-state index in [2.05, 4.69) is 0 Å². The largest absolute Gasteiger partial charge is 0.480 e. The fourth-order valence-electron chi connectivity index (χ4n) is 3.70. The Balaban J connectivity index is 1.49. The average Bonchev–Trinajstić information content (AvgIpc) is 2.72. The van der Waals surface area contributed by atoms with Crippen LogP contribution in [0.1, 0.15) is 29.9 Å². The Hall–Kier alpha value is -3.32. The number of benzene rings is 3. The van der Waals surface area contributed by atoms with Gasteiger partial charge in [0, 0.05) is 17.7 Å². The molecule has 1 N–H and O–H groups in total. The second kappa shape index (κ2) is 9.04. The number of carbonyl (C=O) groups is 1. The van der Waals surface area contributed by atoms with Crippen molar-refractivity contribution in [1.29, 1.82) is 0 Å². The van der Waals surface area contributed by atoms with E-state index in [9.17, 15) is 18.0 Å². The van der Waals surface area contributed by atoms with Gasteiger partial charge in [-0.1, -0.05) is 30.3 Å². The number of hydrogen-bond acceptors (Lipinski definition) is 3. The van der Waals surface area contributed by atoms with Gasteiger partial charge in [0.1, 0.15) is 23.9 Å². The smallest absolute Gasteiger partial charge is 0.329 e. The molecule has 0 bridgehead atoms. The minimum absolute atomic E-state index is 0.0374. The predicted octanol–water partition coefficient (Wildman–Crippen LogP) is 6.22. The number of aryl methyl sites for hydroxylation is 1. The summed E-state index contributed by atoms with van der Waals surface area (Å²) in [4.78, 5) is 10.6. The zero-order valence-corrected chi connectivity index (χ0v) is 17.3. The van der Waals surface area contributed by atoms with Crippen LogP contribution >= 0.6 is 0 Å². The number of carboxylic acids is 1. The van der Waals surface area contributed by atoms with Crippen LogP contribution in [0.15, 0.2) is 54.6 Å². The van der Waals surface area contributed by atoms with E-state index in [1.54, 1.807) is 31.2 Å². The van der Waals surface area contributed by atoms with Crippen LogP contribution in [0.25, 0.3) is 11.1 Å². The summed E-state index contributed by atoms with van der Waals surface area (Å²) >= 11 is 0. The third kappa shape index (κ3) is 4.78. The molecule has 1 aliphatic carbocycles. The van der Waals surface area contributed by atoms with E-state index < -0.39 is 23.4 Å². The normalized spacial score (nSPS) is 17.6.